The van der Waals surface area contributed by atoms with Gasteiger partial charge in [-0.2, -0.15) is 0 Å². The maximum Gasteiger partial charge on any atom is 0.246 e. The standard InChI is InChI=1S/C13H23NO.C2H6/c1-6-13(15)14-10(4)7-12(9(2)3)8-11(14)5;1-2/h6,9-12H,1,7-8H2,2-5H3;1-2H3. The molecule has 0 bridgehead atoms. The summed E-state index contributed by atoms with van der Waals surface area (Å²) in [6.07, 6.45) is 3.69. The summed E-state index contributed by atoms with van der Waals surface area (Å²) in [5.74, 6) is 1.55. The second kappa shape index (κ2) is 7.52. The number of rotatable bonds is 2. The summed E-state index contributed by atoms with van der Waals surface area (Å²) in [4.78, 5) is 13.7. The molecule has 0 aromatic heterocycles. The number of carbonyl (C=O) groups excluding carboxylic acids is 1. The number of likely N-dealkylation sites (tertiary alicyclic amines) is 1. The van der Waals surface area contributed by atoms with Crippen molar-refractivity contribution in [3.8, 4) is 0 Å². The van der Waals surface area contributed by atoms with E-state index in [2.05, 4.69) is 34.3 Å². The second-order valence-electron chi connectivity index (χ2n) is 5.12. The molecule has 100 valence electrons. The van der Waals surface area contributed by atoms with Gasteiger partial charge in [-0.05, 0) is 44.6 Å². The van der Waals surface area contributed by atoms with Crippen molar-refractivity contribution in [3.05, 3.63) is 12.7 Å². The van der Waals surface area contributed by atoms with Crippen molar-refractivity contribution < 1.29 is 4.79 Å². The minimum Gasteiger partial charge on any atom is -0.334 e. The van der Waals surface area contributed by atoms with Gasteiger partial charge in [0.05, 0.1) is 0 Å². The zero-order valence-corrected chi connectivity index (χ0v) is 12.4. The fourth-order valence-electron chi connectivity index (χ4n) is 2.72. The molecule has 2 unspecified atom stereocenters. The highest BCUT2D eigenvalue weighted by atomic mass is 16.2. The molecule has 1 rings (SSSR count). The van der Waals surface area contributed by atoms with Crippen LogP contribution < -0.4 is 0 Å². The quantitative estimate of drug-likeness (QED) is 0.670. The lowest BCUT2D eigenvalue weighted by molar-refractivity contribution is -0.133. The van der Waals surface area contributed by atoms with Crippen LogP contribution in [-0.4, -0.2) is 22.9 Å². The zero-order chi connectivity index (χ0) is 13.6. The van der Waals surface area contributed by atoms with Gasteiger partial charge in [0.15, 0.2) is 0 Å². The van der Waals surface area contributed by atoms with E-state index in [0.29, 0.717) is 12.1 Å². The molecule has 0 aromatic rings. The van der Waals surface area contributed by atoms with Gasteiger partial charge in [-0.25, -0.2) is 0 Å². The molecule has 1 saturated heterocycles. The van der Waals surface area contributed by atoms with Gasteiger partial charge in [-0.3, -0.25) is 4.79 Å². The van der Waals surface area contributed by atoms with E-state index in [-0.39, 0.29) is 5.91 Å². The van der Waals surface area contributed by atoms with Crippen molar-refractivity contribution in [1.82, 2.24) is 4.90 Å². The topological polar surface area (TPSA) is 20.3 Å². The summed E-state index contributed by atoms with van der Waals surface area (Å²) in [5.41, 5.74) is 0. The Morgan fingerprint density at radius 1 is 1.24 bits per heavy atom. The number of carbonyl (C=O) groups is 1. The van der Waals surface area contributed by atoms with Crippen LogP contribution in [0.25, 0.3) is 0 Å². The van der Waals surface area contributed by atoms with Gasteiger partial charge in [0, 0.05) is 12.1 Å². The van der Waals surface area contributed by atoms with E-state index in [1.807, 2.05) is 18.7 Å². The smallest absolute Gasteiger partial charge is 0.246 e. The van der Waals surface area contributed by atoms with Crippen molar-refractivity contribution in [2.45, 2.75) is 66.5 Å². The van der Waals surface area contributed by atoms with Crippen molar-refractivity contribution in [2.75, 3.05) is 0 Å². The number of amides is 1. The first-order valence-electron chi connectivity index (χ1n) is 6.92. The van der Waals surface area contributed by atoms with Gasteiger partial charge < -0.3 is 4.90 Å². The minimum atomic E-state index is 0.0807. The van der Waals surface area contributed by atoms with E-state index in [1.54, 1.807) is 0 Å². The fourth-order valence-corrected chi connectivity index (χ4v) is 2.72. The normalized spacial score (nSPS) is 28.4. The Morgan fingerprint density at radius 3 is 1.94 bits per heavy atom. The highest BCUT2D eigenvalue weighted by molar-refractivity contribution is 5.87. The zero-order valence-electron chi connectivity index (χ0n) is 12.4. The van der Waals surface area contributed by atoms with Crippen LogP contribution in [0.5, 0.6) is 0 Å². The predicted octanol–water partition coefficient (Wildman–Crippen LogP) is 3.87. The summed E-state index contributed by atoms with van der Waals surface area (Å²) >= 11 is 0. The van der Waals surface area contributed by atoms with E-state index in [1.165, 1.54) is 6.08 Å². The number of hydrogen-bond donors (Lipinski definition) is 0. The first-order chi connectivity index (χ1) is 7.97. The highest BCUT2D eigenvalue weighted by Crippen LogP contribution is 2.32. The minimum absolute atomic E-state index is 0.0807. The molecule has 0 aromatic carbocycles. The third-order valence-corrected chi connectivity index (χ3v) is 3.61. The lowest BCUT2D eigenvalue weighted by Gasteiger charge is -2.43. The van der Waals surface area contributed by atoms with Crippen LogP contribution in [0.3, 0.4) is 0 Å². The van der Waals surface area contributed by atoms with E-state index in [9.17, 15) is 4.79 Å². The Hall–Kier alpha value is -0.790. The first kappa shape index (κ1) is 16.2. The van der Waals surface area contributed by atoms with Crippen LogP contribution in [-0.2, 0) is 4.79 Å². The van der Waals surface area contributed by atoms with Crippen molar-refractivity contribution >= 4 is 5.91 Å². The molecule has 0 spiro atoms. The van der Waals surface area contributed by atoms with Crippen LogP contribution in [0, 0.1) is 11.8 Å². The largest absolute Gasteiger partial charge is 0.334 e. The molecule has 17 heavy (non-hydrogen) atoms. The monoisotopic (exact) mass is 239 g/mol. The van der Waals surface area contributed by atoms with Crippen molar-refractivity contribution in [1.29, 1.82) is 0 Å². The predicted molar refractivity (Wildman–Crippen MR) is 74.9 cm³/mol. The fraction of sp³-hybridized carbons (Fsp3) is 0.800. The van der Waals surface area contributed by atoms with Gasteiger partial charge in [-0.1, -0.05) is 34.3 Å². The van der Waals surface area contributed by atoms with E-state index in [0.717, 1.165) is 24.7 Å². The molecule has 0 radical (unpaired) electrons. The molecule has 0 aliphatic carbocycles. The molecule has 0 N–H and O–H groups in total. The summed E-state index contributed by atoms with van der Waals surface area (Å²) in [7, 11) is 0. The second-order valence-corrected chi connectivity index (χ2v) is 5.12. The molecule has 1 amide bonds. The Morgan fingerprint density at radius 2 is 1.65 bits per heavy atom. The average Bonchev–Trinajstić information content (AvgIpc) is 2.30. The van der Waals surface area contributed by atoms with Gasteiger partial charge >= 0.3 is 0 Å². The molecule has 2 nitrogen and oxygen atoms in total. The molecular weight excluding hydrogens is 210 g/mol. The van der Waals surface area contributed by atoms with Gasteiger partial charge in [0.1, 0.15) is 0 Å². The Bertz CT molecular complexity index is 235. The molecule has 1 aliphatic heterocycles. The summed E-state index contributed by atoms with van der Waals surface area (Å²) in [5, 5.41) is 0. The van der Waals surface area contributed by atoms with E-state index in [4.69, 9.17) is 0 Å². The Labute approximate surface area is 107 Å². The van der Waals surface area contributed by atoms with Crippen LogP contribution in [0.4, 0.5) is 0 Å². The maximum atomic E-state index is 11.7. The number of hydrogen-bond acceptors (Lipinski definition) is 1. The first-order valence-corrected chi connectivity index (χ1v) is 6.92. The van der Waals surface area contributed by atoms with Crippen LogP contribution >= 0.6 is 0 Å². The summed E-state index contributed by atoms with van der Waals surface area (Å²) < 4.78 is 0. The Balaban J connectivity index is 0.00000121. The molecule has 1 heterocycles. The summed E-state index contributed by atoms with van der Waals surface area (Å²) in [6, 6.07) is 0.707. The highest BCUT2D eigenvalue weighted by Gasteiger charge is 2.33. The lowest BCUT2D eigenvalue weighted by atomic mass is 9.80. The average molecular weight is 239 g/mol. The molecule has 1 fully saturated rings. The lowest BCUT2D eigenvalue weighted by Crippen LogP contribution is -2.50. The van der Waals surface area contributed by atoms with Gasteiger partial charge in [-0.15, -0.1) is 0 Å². The van der Waals surface area contributed by atoms with Crippen molar-refractivity contribution in [2.24, 2.45) is 11.8 Å². The number of piperidine rings is 1. The summed E-state index contributed by atoms with van der Waals surface area (Å²) in [6.45, 7) is 16.4. The molecule has 2 atom stereocenters. The molecule has 1 aliphatic rings. The molecule has 0 saturated carbocycles. The third kappa shape index (κ3) is 4.18. The van der Waals surface area contributed by atoms with Gasteiger partial charge in [0.25, 0.3) is 0 Å². The van der Waals surface area contributed by atoms with Crippen LogP contribution in [0.2, 0.25) is 0 Å². The van der Waals surface area contributed by atoms with Gasteiger partial charge in [0.2, 0.25) is 5.91 Å². The van der Waals surface area contributed by atoms with Crippen LogP contribution in [0.1, 0.15) is 54.4 Å². The SMILES string of the molecule is C=CC(=O)N1C(C)CC(C(C)C)CC1C.CC. The van der Waals surface area contributed by atoms with E-state index < -0.39 is 0 Å². The molecule has 2 heteroatoms. The number of nitrogens with zero attached hydrogens (tertiary/aromatic N) is 1. The van der Waals surface area contributed by atoms with Crippen molar-refractivity contribution in [3.63, 3.8) is 0 Å². The maximum absolute atomic E-state index is 11.7. The molecular formula is C15H29NO. The third-order valence-electron chi connectivity index (χ3n) is 3.61. The Kier molecular flexibility index (Phi) is 7.17. The van der Waals surface area contributed by atoms with E-state index >= 15 is 0 Å². The van der Waals surface area contributed by atoms with Crippen LogP contribution in [0.15, 0.2) is 12.7 Å².